The van der Waals surface area contributed by atoms with Gasteiger partial charge in [-0.25, -0.2) is 18.7 Å². The number of anilines is 3. The summed E-state index contributed by atoms with van der Waals surface area (Å²) in [7, 11) is 0. The maximum Gasteiger partial charge on any atom is 0.270 e. The van der Waals surface area contributed by atoms with Crippen molar-refractivity contribution in [1.82, 2.24) is 15.3 Å². The summed E-state index contributed by atoms with van der Waals surface area (Å²) in [5.41, 5.74) is -0.738. The normalized spacial score (nSPS) is 12.9. The first-order valence-electron chi connectivity index (χ1n) is 10.00. The molecule has 3 rings (SSSR count). The van der Waals surface area contributed by atoms with Crippen LogP contribution in [0.3, 0.4) is 0 Å². The summed E-state index contributed by atoms with van der Waals surface area (Å²) >= 11 is 11.0. The summed E-state index contributed by atoms with van der Waals surface area (Å²) in [4.78, 5) is 32.9. The van der Waals surface area contributed by atoms with Crippen molar-refractivity contribution in [3.05, 3.63) is 53.6 Å². The topological polar surface area (TPSA) is 96.0 Å². The standard InChI is InChI=1S/C22H21Cl2F2N5O2/c1-11(2)7-18(31-22(33)19(24)26)21(32)30-12-4-6-17-14(8-12)20(28-10-27-17)29-13-3-5-16(25)15(23)9-13/h3-6,8-11,18-19H,7H2,1-2H3,(H,30,32)(H,31,33)(H,27,28,29)/t18-,19?/m0/s1. The lowest BCUT2D eigenvalue weighted by atomic mass is 10.0. The zero-order chi connectivity index (χ0) is 24.1. The second-order valence-corrected chi connectivity index (χ2v) is 8.48. The zero-order valence-electron chi connectivity index (χ0n) is 17.7. The molecule has 174 valence electrons. The number of halogens is 4. The molecule has 0 aliphatic heterocycles. The summed E-state index contributed by atoms with van der Waals surface area (Å²) in [5.74, 6) is -1.68. The predicted octanol–water partition coefficient (Wildman–Crippen LogP) is 5.17. The van der Waals surface area contributed by atoms with Crippen molar-refractivity contribution in [3.8, 4) is 0 Å². The molecule has 0 aliphatic carbocycles. The number of amides is 2. The molecule has 3 N–H and O–H groups in total. The van der Waals surface area contributed by atoms with E-state index in [9.17, 15) is 18.4 Å². The van der Waals surface area contributed by atoms with E-state index >= 15 is 0 Å². The molecule has 0 fully saturated rings. The molecule has 1 heterocycles. The van der Waals surface area contributed by atoms with Crippen LogP contribution in [-0.2, 0) is 9.59 Å². The highest BCUT2D eigenvalue weighted by molar-refractivity contribution is 6.31. The van der Waals surface area contributed by atoms with Gasteiger partial charge in [0.25, 0.3) is 11.5 Å². The van der Waals surface area contributed by atoms with Crippen LogP contribution in [0.5, 0.6) is 0 Å². The van der Waals surface area contributed by atoms with Crippen molar-refractivity contribution >= 4 is 63.1 Å². The molecule has 2 amide bonds. The fourth-order valence-corrected chi connectivity index (χ4v) is 3.36. The van der Waals surface area contributed by atoms with Crippen molar-refractivity contribution in [3.63, 3.8) is 0 Å². The number of carbonyl (C=O) groups is 2. The fourth-order valence-electron chi connectivity index (χ4n) is 3.11. The van der Waals surface area contributed by atoms with E-state index in [-0.39, 0.29) is 17.4 Å². The lowest BCUT2D eigenvalue weighted by molar-refractivity contribution is -0.128. The highest BCUT2D eigenvalue weighted by Crippen LogP contribution is 2.28. The molecule has 7 nitrogen and oxygen atoms in total. The van der Waals surface area contributed by atoms with Crippen LogP contribution >= 0.6 is 23.2 Å². The summed E-state index contributed by atoms with van der Waals surface area (Å²) in [5, 5.41) is 8.62. The van der Waals surface area contributed by atoms with E-state index in [1.807, 2.05) is 13.8 Å². The fraction of sp³-hybridized carbons (Fsp3) is 0.273. The smallest absolute Gasteiger partial charge is 0.270 e. The van der Waals surface area contributed by atoms with E-state index in [0.717, 1.165) is 0 Å². The Bertz CT molecular complexity index is 1180. The number of nitrogens with one attached hydrogen (secondary N) is 3. The third kappa shape index (κ3) is 6.49. The minimum absolute atomic E-state index is 0.0444. The van der Waals surface area contributed by atoms with Crippen LogP contribution < -0.4 is 16.0 Å². The molecule has 33 heavy (non-hydrogen) atoms. The monoisotopic (exact) mass is 495 g/mol. The number of benzene rings is 2. The molecule has 3 aromatic rings. The Morgan fingerprint density at radius 3 is 2.45 bits per heavy atom. The first kappa shape index (κ1) is 24.6. The maximum absolute atomic E-state index is 13.5. The van der Waals surface area contributed by atoms with Crippen LogP contribution in [0, 0.1) is 11.7 Å². The SMILES string of the molecule is CC(C)C[C@H](NC(=O)C(F)Cl)C(=O)Nc1ccc2ncnc(Nc3ccc(F)c(Cl)c3)c2c1. The molecule has 2 atom stereocenters. The summed E-state index contributed by atoms with van der Waals surface area (Å²) in [6, 6.07) is 8.15. The largest absolute Gasteiger partial charge is 0.341 e. The van der Waals surface area contributed by atoms with Crippen molar-refractivity contribution in [2.75, 3.05) is 10.6 Å². The van der Waals surface area contributed by atoms with Gasteiger partial charge in [0.2, 0.25) is 5.91 Å². The highest BCUT2D eigenvalue weighted by atomic mass is 35.5. The molecular weight excluding hydrogens is 475 g/mol. The van der Waals surface area contributed by atoms with E-state index in [1.54, 1.807) is 18.2 Å². The Kier molecular flexibility index (Phi) is 7.99. The molecule has 0 spiro atoms. The third-order valence-corrected chi connectivity index (χ3v) is 5.11. The Labute approximate surface area is 198 Å². The van der Waals surface area contributed by atoms with Crippen LogP contribution in [0.1, 0.15) is 20.3 Å². The Morgan fingerprint density at radius 1 is 1.06 bits per heavy atom. The molecule has 0 bridgehead atoms. The molecule has 11 heteroatoms. The Morgan fingerprint density at radius 2 is 1.79 bits per heavy atom. The van der Waals surface area contributed by atoms with Gasteiger partial charge in [0.05, 0.1) is 10.5 Å². The maximum atomic E-state index is 13.5. The number of hydrogen-bond donors (Lipinski definition) is 3. The lowest BCUT2D eigenvalue weighted by Gasteiger charge is -2.20. The Hall–Kier alpha value is -3.04. The second kappa shape index (κ2) is 10.7. The second-order valence-electron chi connectivity index (χ2n) is 7.69. The van der Waals surface area contributed by atoms with Crippen molar-refractivity contribution in [2.45, 2.75) is 31.9 Å². The van der Waals surface area contributed by atoms with Crippen LogP contribution in [-0.4, -0.2) is 33.5 Å². The van der Waals surface area contributed by atoms with Crippen molar-refractivity contribution in [1.29, 1.82) is 0 Å². The van der Waals surface area contributed by atoms with Crippen LogP contribution in [0.4, 0.5) is 26.0 Å². The highest BCUT2D eigenvalue weighted by Gasteiger charge is 2.25. The molecular formula is C22H21Cl2F2N5O2. The van der Waals surface area contributed by atoms with Gasteiger partial charge < -0.3 is 16.0 Å². The lowest BCUT2D eigenvalue weighted by Crippen LogP contribution is -2.46. The van der Waals surface area contributed by atoms with Gasteiger partial charge in [0.15, 0.2) is 0 Å². The average Bonchev–Trinajstić information content (AvgIpc) is 2.75. The first-order valence-corrected chi connectivity index (χ1v) is 10.8. The number of rotatable bonds is 8. The van der Waals surface area contributed by atoms with Gasteiger partial charge in [-0.1, -0.05) is 37.0 Å². The minimum Gasteiger partial charge on any atom is -0.341 e. The third-order valence-electron chi connectivity index (χ3n) is 4.62. The van der Waals surface area contributed by atoms with Gasteiger partial charge in [-0.2, -0.15) is 0 Å². The molecule has 2 aromatic carbocycles. The number of nitrogens with zero attached hydrogens (tertiary/aromatic N) is 2. The molecule has 0 saturated heterocycles. The van der Waals surface area contributed by atoms with E-state index in [1.165, 1.54) is 24.5 Å². The van der Waals surface area contributed by atoms with Crippen molar-refractivity contribution in [2.24, 2.45) is 5.92 Å². The van der Waals surface area contributed by atoms with E-state index < -0.39 is 29.3 Å². The van der Waals surface area contributed by atoms with Crippen LogP contribution in [0.25, 0.3) is 10.9 Å². The number of carbonyl (C=O) groups excluding carboxylic acids is 2. The average molecular weight is 496 g/mol. The quantitative estimate of drug-likeness (QED) is 0.374. The van der Waals surface area contributed by atoms with Gasteiger partial charge >= 0.3 is 0 Å². The molecule has 0 aliphatic rings. The molecule has 1 unspecified atom stereocenters. The Balaban J connectivity index is 1.85. The summed E-state index contributed by atoms with van der Waals surface area (Å²) in [6.07, 6.45) is 1.65. The molecule has 0 radical (unpaired) electrons. The van der Waals surface area contributed by atoms with Gasteiger partial charge in [0, 0.05) is 16.8 Å². The van der Waals surface area contributed by atoms with Gasteiger partial charge in [-0.05, 0) is 48.7 Å². The van der Waals surface area contributed by atoms with E-state index in [2.05, 4.69) is 25.9 Å². The van der Waals surface area contributed by atoms with Gasteiger partial charge in [0.1, 0.15) is 24.0 Å². The van der Waals surface area contributed by atoms with E-state index in [4.69, 9.17) is 23.2 Å². The first-order chi connectivity index (χ1) is 15.6. The molecule has 0 saturated carbocycles. The van der Waals surface area contributed by atoms with Gasteiger partial charge in [-0.15, -0.1) is 0 Å². The molecule has 1 aromatic heterocycles. The number of alkyl halides is 2. The summed E-state index contributed by atoms with van der Waals surface area (Å²) in [6.45, 7) is 3.74. The number of hydrogen-bond acceptors (Lipinski definition) is 5. The van der Waals surface area contributed by atoms with E-state index in [0.29, 0.717) is 28.1 Å². The predicted molar refractivity (Wildman–Crippen MR) is 125 cm³/mol. The number of aromatic nitrogens is 2. The van der Waals surface area contributed by atoms with Gasteiger partial charge in [-0.3, -0.25) is 9.59 Å². The van der Waals surface area contributed by atoms with Crippen molar-refractivity contribution < 1.29 is 18.4 Å². The number of fused-ring (bicyclic) bond motifs is 1. The minimum atomic E-state index is -2.25. The zero-order valence-corrected chi connectivity index (χ0v) is 19.2. The summed E-state index contributed by atoms with van der Waals surface area (Å²) < 4.78 is 26.6. The van der Waals surface area contributed by atoms with Crippen LogP contribution in [0.2, 0.25) is 5.02 Å². The van der Waals surface area contributed by atoms with Crippen LogP contribution in [0.15, 0.2) is 42.7 Å².